The van der Waals surface area contributed by atoms with Gasteiger partial charge in [0.1, 0.15) is 0 Å². The van der Waals surface area contributed by atoms with Crippen LogP contribution < -0.4 is 0 Å². The van der Waals surface area contributed by atoms with E-state index >= 15 is 0 Å². The van der Waals surface area contributed by atoms with Gasteiger partial charge >= 0.3 is 6.18 Å². The summed E-state index contributed by atoms with van der Waals surface area (Å²) in [5.74, 6) is 0. The second kappa shape index (κ2) is 7.26. The molecule has 1 saturated heterocycles. The van der Waals surface area contributed by atoms with Crippen molar-refractivity contribution < 1.29 is 21.6 Å². The van der Waals surface area contributed by atoms with Crippen molar-refractivity contribution in [2.45, 2.75) is 24.0 Å². The summed E-state index contributed by atoms with van der Waals surface area (Å²) in [6.07, 6.45) is -4.51. The lowest BCUT2D eigenvalue weighted by Crippen LogP contribution is -2.49. The zero-order valence-corrected chi connectivity index (χ0v) is 15.9. The van der Waals surface area contributed by atoms with E-state index in [1.165, 1.54) is 11.2 Å². The Bertz CT molecular complexity index is 914. The number of hydrogen-bond donors (Lipinski definition) is 0. The summed E-state index contributed by atoms with van der Waals surface area (Å²) in [5, 5.41) is 0. The number of piperazine rings is 1. The monoisotopic (exact) mass is 398 g/mol. The van der Waals surface area contributed by atoms with E-state index in [-0.39, 0.29) is 17.0 Å². The smallest absolute Gasteiger partial charge is 0.303 e. The number of aryl methyl sites for hydroxylation is 1. The molecule has 1 atom stereocenters. The van der Waals surface area contributed by atoms with E-state index in [0.29, 0.717) is 13.1 Å². The minimum Gasteiger partial charge on any atom is -0.303 e. The normalized spacial score (nSPS) is 20.0. The number of nitrogens with zero attached hydrogens (tertiary/aromatic N) is 2. The zero-order chi connectivity index (χ0) is 19.8. The highest BCUT2D eigenvalue weighted by atomic mass is 32.2. The van der Waals surface area contributed by atoms with Gasteiger partial charge in [0.2, 0.25) is 10.0 Å². The first-order chi connectivity index (χ1) is 12.6. The second-order valence-electron chi connectivity index (χ2n) is 6.78. The first-order valence-corrected chi connectivity index (χ1v) is 9.98. The van der Waals surface area contributed by atoms with Gasteiger partial charge in [-0.1, -0.05) is 30.3 Å². The Morgan fingerprint density at radius 3 is 2.30 bits per heavy atom. The van der Waals surface area contributed by atoms with Crippen LogP contribution in [0.3, 0.4) is 0 Å². The maximum Gasteiger partial charge on any atom is 0.416 e. The summed E-state index contributed by atoms with van der Waals surface area (Å²) in [7, 11) is -2.01. The van der Waals surface area contributed by atoms with Gasteiger partial charge in [0.15, 0.2) is 0 Å². The third-order valence-corrected chi connectivity index (χ3v) is 6.73. The minimum absolute atomic E-state index is 0.103. The predicted octanol–water partition coefficient (Wildman–Crippen LogP) is 3.69. The van der Waals surface area contributed by atoms with Crippen molar-refractivity contribution in [3.05, 3.63) is 65.2 Å². The lowest BCUT2D eigenvalue weighted by Gasteiger charge is -2.39. The van der Waals surface area contributed by atoms with E-state index < -0.39 is 27.8 Å². The van der Waals surface area contributed by atoms with Crippen molar-refractivity contribution in [1.82, 2.24) is 9.21 Å². The molecule has 2 aromatic rings. The van der Waals surface area contributed by atoms with Crippen LogP contribution in [0.5, 0.6) is 0 Å². The zero-order valence-electron chi connectivity index (χ0n) is 15.1. The van der Waals surface area contributed by atoms with Gasteiger partial charge in [-0.3, -0.25) is 0 Å². The number of alkyl halides is 3. The molecule has 0 spiro atoms. The molecule has 1 aliphatic heterocycles. The third kappa shape index (κ3) is 4.02. The molecule has 1 heterocycles. The maximum absolute atomic E-state index is 13.2. The van der Waals surface area contributed by atoms with E-state index in [4.69, 9.17) is 0 Å². The molecule has 0 radical (unpaired) electrons. The molecule has 1 unspecified atom stereocenters. The average molecular weight is 398 g/mol. The lowest BCUT2D eigenvalue weighted by atomic mass is 10.1. The summed E-state index contributed by atoms with van der Waals surface area (Å²) < 4.78 is 66.8. The topological polar surface area (TPSA) is 40.6 Å². The molecule has 146 valence electrons. The third-order valence-electron chi connectivity index (χ3n) is 4.83. The van der Waals surface area contributed by atoms with Gasteiger partial charge in [-0.05, 0) is 43.3 Å². The van der Waals surface area contributed by atoms with Crippen LogP contribution in [0, 0.1) is 6.92 Å². The van der Waals surface area contributed by atoms with E-state index in [1.807, 2.05) is 42.3 Å². The fourth-order valence-electron chi connectivity index (χ4n) is 3.39. The number of sulfonamides is 1. The lowest BCUT2D eigenvalue weighted by molar-refractivity contribution is -0.138. The van der Waals surface area contributed by atoms with Gasteiger partial charge in [0.25, 0.3) is 0 Å². The van der Waals surface area contributed by atoms with Gasteiger partial charge in [0, 0.05) is 19.6 Å². The molecule has 0 aliphatic carbocycles. The van der Waals surface area contributed by atoms with Gasteiger partial charge in [-0.25, -0.2) is 8.42 Å². The van der Waals surface area contributed by atoms with Crippen molar-refractivity contribution in [3.63, 3.8) is 0 Å². The van der Waals surface area contributed by atoms with Crippen LogP contribution in [0.25, 0.3) is 0 Å². The SMILES string of the molecule is Cc1cc(S(=O)(=O)N2CCN(C)CC2c2ccccc2)ccc1C(F)(F)F. The number of rotatable bonds is 3. The van der Waals surface area contributed by atoms with E-state index in [1.54, 1.807) is 0 Å². The van der Waals surface area contributed by atoms with Gasteiger partial charge in [0.05, 0.1) is 16.5 Å². The predicted molar refractivity (Wildman–Crippen MR) is 96.8 cm³/mol. The molecule has 0 aromatic heterocycles. The standard InChI is InChI=1S/C19H21F3N2O2S/c1-14-12-16(8-9-17(14)19(20,21)22)27(25,26)24-11-10-23(2)13-18(24)15-6-4-3-5-7-15/h3-9,12,18H,10-11,13H2,1-2H3. The summed E-state index contributed by atoms with van der Waals surface area (Å²) >= 11 is 0. The van der Waals surface area contributed by atoms with Crippen molar-refractivity contribution in [3.8, 4) is 0 Å². The number of halogens is 3. The number of likely N-dealkylation sites (N-methyl/N-ethyl adjacent to an activating group) is 1. The van der Waals surface area contributed by atoms with Crippen LogP contribution in [-0.4, -0.2) is 44.3 Å². The first-order valence-electron chi connectivity index (χ1n) is 8.54. The number of hydrogen-bond acceptors (Lipinski definition) is 3. The Hall–Kier alpha value is -1.90. The summed E-state index contributed by atoms with van der Waals surface area (Å²) in [4.78, 5) is 1.93. The van der Waals surface area contributed by atoms with Crippen LogP contribution in [0.15, 0.2) is 53.4 Å². The summed E-state index contributed by atoms with van der Waals surface area (Å²) in [6, 6.07) is 11.9. The molecule has 0 N–H and O–H groups in total. The Labute approximate surface area is 157 Å². The molecular formula is C19H21F3N2O2S. The van der Waals surface area contributed by atoms with Crippen molar-refractivity contribution >= 4 is 10.0 Å². The Morgan fingerprint density at radius 2 is 1.70 bits per heavy atom. The van der Waals surface area contributed by atoms with Crippen LogP contribution >= 0.6 is 0 Å². The van der Waals surface area contributed by atoms with Gasteiger partial charge < -0.3 is 4.90 Å². The molecule has 27 heavy (non-hydrogen) atoms. The highest BCUT2D eigenvalue weighted by Crippen LogP contribution is 2.35. The van der Waals surface area contributed by atoms with Crippen LogP contribution in [0.4, 0.5) is 13.2 Å². The summed E-state index contributed by atoms with van der Waals surface area (Å²) in [5.41, 5.74) is -0.0651. The summed E-state index contributed by atoms with van der Waals surface area (Å²) in [6.45, 7) is 2.63. The van der Waals surface area contributed by atoms with Crippen molar-refractivity contribution in [2.24, 2.45) is 0 Å². The molecular weight excluding hydrogens is 377 g/mol. The minimum atomic E-state index is -4.51. The Morgan fingerprint density at radius 1 is 1.04 bits per heavy atom. The molecule has 0 amide bonds. The molecule has 0 saturated carbocycles. The molecule has 2 aromatic carbocycles. The van der Waals surface area contributed by atoms with Crippen LogP contribution in [-0.2, 0) is 16.2 Å². The average Bonchev–Trinajstić information content (AvgIpc) is 2.61. The van der Waals surface area contributed by atoms with Gasteiger partial charge in [-0.15, -0.1) is 0 Å². The molecule has 3 rings (SSSR count). The Balaban J connectivity index is 2.01. The molecule has 4 nitrogen and oxygen atoms in total. The highest BCUT2D eigenvalue weighted by molar-refractivity contribution is 7.89. The van der Waals surface area contributed by atoms with Crippen molar-refractivity contribution in [1.29, 1.82) is 0 Å². The van der Waals surface area contributed by atoms with E-state index in [9.17, 15) is 21.6 Å². The quantitative estimate of drug-likeness (QED) is 0.792. The van der Waals surface area contributed by atoms with Gasteiger partial charge in [-0.2, -0.15) is 17.5 Å². The molecule has 8 heteroatoms. The fraction of sp³-hybridized carbons (Fsp3) is 0.368. The van der Waals surface area contributed by atoms with Crippen LogP contribution in [0.2, 0.25) is 0 Å². The molecule has 1 fully saturated rings. The maximum atomic E-state index is 13.2. The second-order valence-corrected chi connectivity index (χ2v) is 8.67. The highest BCUT2D eigenvalue weighted by Gasteiger charge is 2.37. The fourth-order valence-corrected chi connectivity index (χ4v) is 5.07. The van der Waals surface area contributed by atoms with Crippen molar-refractivity contribution in [2.75, 3.05) is 26.7 Å². The first kappa shape index (κ1) is 19.9. The Kier molecular flexibility index (Phi) is 5.33. The molecule has 0 bridgehead atoms. The number of benzene rings is 2. The molecule has 1 aliphatic rings. The van der Waals surface area contributed by atoms with Crippen LogP contribution in [0.1, 0.15) is 22.7 Å². The van der Waals surface area contributed by atoms with E-state index in [0.717, 1.165) is 23.8 Å². The van der Waals surface area contributed by atoms with E-state index in [2.05, 4.69) is 0 Å². The largest absolute Gasteiger partial charge is 0.416 e.